The second-order valence-electron chi connectivity index (χ2n) is 10.7. The molecule has 0 bridgehead atoms. The molecule has 0 saturated heterocycles. The van der Waals surface area contributed by atoms with E-state index in [1.807, 2.05) is 13.8 Å². The first-order valence-electron chi connectivity index (χ1n) is 13.6. The number of rotatable bonds is 8. The van der Waals surface area contributed by atoms with E-state index in [1.165, 1.54) is 18.3 Å². The zero-order chi connectivity index (χ0) is 29.6. The smallest absolute Gasteiger partial charge is 0.411 e. The Morgan fingerprint density at radius 3 is 2.20 bits per heavy atom. The SMILES string of the molecule is CC(=O)N=S(=O)(c1cc(NC(=O)OC(C)C)ccc1-c1cnc([C@H]2CC[C@H](NC(=O)OC(C)C)CC2)s1)C(C)C. The van der Waals surface area contributed by atoms with E-state index >= 15 is 0 Å². The van der Waals surface area contributed by atoms with E-state index < -0.39 is 27.0 Å². The molecule has 1 aliphatic rings. The first-order valence-corrected chi connectivity index (χ1v) is 16.0. The molecule has 2 aromatic rings. The molecule has 10 nitrogen and oxygen atoms in total. The van der Waals surface area contributed by atoms with Crippen molar-refractivity contribution < 1.29 is 28.1 Å². The normalized spacial score (nSPS) is 18.8. The van der Waals surface area contributed by atoms with Crippen LogP contribution in [-0.4, -0.2) is 50.8 Å². The number of carbonyl (C=O) groups is 3. The molecule has 0 spiro atoms. The number of nitrogens with zero attached hydrogens (tertiary/aromatic N) is 2. The highest BCUT2D eigenvalue weighted by molar-refractivity contribution is 7.94. The van der Waals surface area contributed by atoms with Crippen molar-refractivity contribution in [2.45, 2.75) is 108 Å². The Labute approximate surface area is 240 Å². The van der Waals surface area contributed by atoms with Crippen LogP contribution in [0.4, 0.5) is 15.3 Å². The van der Waals surface area contributed by atoms with Gasteiger partial charge in [-0.25, -0.2) is 18.8 Å². The van der Waals surface area contributed by atoms with Gasteiger partial charge in [-0.15, -0.1) is 11.3 Å². The minimum Gasteiger partial charge on any atom is -0.447 e. The number of benzene rings is 1. The maximum Gasteiger partial charge on any atom is 0.411 e. The number of ether oxygens (including phenoxy) is 2. The second-order valence-corrected chi connectivity index (χ2v) is 14.5. The highest BCUT2D eigenvalue weighted by Gasteiger charge is 2.28. The Kier molecular flexibility index (Phi) is 10.7. The lowest BCUT2D eigenvalue weighted by molar-refractivity contribution is -0.115. The first kappa shape index (κ1) is 31.5. The van der Waals surface area contributed by atoms with Crippen LogP contribution in [0.3, 0.4) is 0 Å². The Hall–Kier alpha value is -2.99. The predicted molar refractivity (Wildman–Crippen MR) is 157 cm³/mol. The van der Waals surface area contributed by atoms with Crippen molar-refractivity contribution in [3.63, 3.8) is 0 Å². The number of anilines is 1. The topological polar surface area (TPSA) is 136 Å². The van der Waals surface area contributed by atoms with Crippen molar-refractivity contribution in [3.05, 3.63) is 29.4 Å². The second kappa shape index (κ2) is 13.6. The molecule has 1 aromatic carbocycles. The van der Waals surface area contributed by atoms with Crippen LogP contribution < -0.4 is 10.6 Å². The van der Waals surface area contributed by atoms with E-state index in [0.29, 0.717) is 16.1 Å². The molecular formula is C28H40N4O6S2. The van der Waals surface area contributed by atoms with E-state index in [-0.39, 0.29) is 30.3 Å². The molecule has 0 radical (unpaired) electrons. The van der Waals surface area contributed by atoms with Crippen LogP contribution in [0.1, 0.15) is 85.1 Å². The quantitative estimate of drug-likeness (QED) is 0.348. The number of alkyl carbamates (subject to hydrolysis) is 1. The van der Waals surface area contributed by atoms with E-state index in [4.69, 9.17) is 14.5 Å². The largest absolute Gasteiger partial charge is 0.447 e. The van der Waals surface area contributed by atoms with Gasteiger partial charge in [-0.3, -0.25) is 10.1 Å². The third kappa shape index (κ3) is 8.26. The van der Waals surface area contributed by atoms with Crippen molar-refractivity contribution >= 4 is 44.8 Å². The summed E-state index contributed by atoms with van der Waals surface area (Å²) in [5.74, 6) is -0.292. The number of amides is 3. The van der Waals surface area contributed by atoms with Crippen LogP contribution >= 0.6 is 11.3 Å². The molecule has 1 saturated carbocycles. The minimum atomic E-state index is -3.18. The van der Waals surface area contributed by atoms with Gasteiger partial charge in [0, 0.05) is 41.6 Å². The van der Waals surface area contributed by atoms with Crippen LogP contribution in [-0.2, 0) is 24.0 Å². The van der Waals surface area contributed by atoms with E-state index in [2.05, 4.69) is 15.0 Å². The van der Waals surface area contributed by atoms with Gasteiger partial charge in [-0.2, -0.15) is 4.36 Å². The molecule has 1 aliphatic carbocycles. The Morgan fingerprint density at radius 1 is 1.00 bits per heavy atom. The maximum atomic E-state index is 14.2. The fraction of sp³-hybridized carbons (Fsp3) is 0.571. The molecule has 12 heteroatoms. The number of hydrogen-bond donors (Lipinski definition) is 2. The van der Waals surface area contributed by atoms with Gasteiger partial charge in [-0.1, -0.05) is 6.07 Å². The average Bonchev–Trinajstić information content (AvgIpc) is 3.33. The summed E-state index contributed by atoms with van der Waals surface area (Å²) in [5.41, 5.74) is 1.05. The van der Waals surface area contributed by atoms with Crippen molar-refractivity contribution in [3.8, 4) is 10.4 Å². The highest BCUT2D eigenvalue weighted by atomic mass is 32.2. The van der Waals surface area contributed by atoms with Crippen LogP contribution in [0.5, 0.6) is 0 Å². The Balaban J connectivity index is 1.90. The van der Waals surface area contributed by atoms with Crippen molar-refractivity contribution in [1.29, 1.82) is 0 Å². The van der Waals surface area contributed by atoms with Gasteiger partial charge >= 0.3 is 12.2 Å². The lowest BCUT2D eigenvalue weighted by Gasteiger charge is -2.28. The summed E-state index contributed by atoms with van der Waals surface area (Å²) in [6.07, 6.45) is 3.66. The zero-order valence-corrected chi connectivity index (χ0v) is 25.8. The monoisotopic (exact) mass is 592 g/mol. The van der Waals surface area contributed by atoms with Gasteiger partial charge in [-0.05, 0) is 79.4 Å². The number of hydrogen-bond acceptors (Lipinski definition) is 8. The molecule has 1 atom stereocenters. The molecule has 1 unspecified atom stereocenters. The Bertz CT molecular complexity index is 1340. The summed E-state index contributed by atoms with van der Waals surface area (Å²) in [6.45, 7) is 11.9. The molecule has 1 aromatic heterocycles. The summed E-state index contributed by atoms with van der Waals surface area (Å²) in [7, 11) is -3.18. The summed E-state index contributed by atoms with van der Waals surface area (Å²) >= 11 is 1.52. The molecule has 1 heterocycles. The van der Waals surface area contributed by atoms with Crippen molar-refractivity contribution in [2.24, 2.45) is 4.36 Å². The average molecular weight is 593 g/mol. The number of thiazole rings is 1. The number of aromatic nitrogens is 1. The maximum absolute atomic E-state index is 14.2. The number of carbonyl (C=O) groups excluding carboxylic acids is 3. The molecule has 2 N–H and O–H groups in total. The van der Waals surface area contributed by atoms with E-state index in [9.17, 15) is 18.6 Å². The molecule has 220 valence electrons. The van der Waals surface area contributed by atoms with E-state index in [1.54, 1.807) is 52.1 Å². The third-order valence-corrected chi connectivity index (χ3v) is 10.3. The standard InChI is InChI=1S/C28H40N4O6S2/c1-16(2)37-27(34)30-21-10-8-20(9-11-21)26-29-15-24(39-26)23-13-12-22(31-28(35)38-17(3)4)14-25(23)40(36,18(5)6)32-19(7)33/h12-18,20-21H,8-11H2,1-7H3,(H,30,34)(H,31,35)/t20-,21-,40?. The predicted octanol–water partition coefficient (Wildman–Crippen LogP) is 6.71. The molecule has 1 fully saturated rings. The molecule has 3 rings (SSSR count). The Morgan fingerprint density at radius 2 is 1.62 bits per heavy atom. The molecule has 40 heavy (non-hydrogen) atoms. The summed E-state index contributed by atoms with van der Waals surface area (Å²) in [4.78, 5) is 42.1. The lowest BCUT2D eigenvalue weighted by Crippen LogP contribution is -2.38. The zero-order valence-electron chi connectivity index (χ0n) is 24.2. The first-order chi connectivity index (χ1) is 18.8. The summed E-state index contributed by atoms with van der Waals surface area (Å²) in [6, 6.07) is 5.16. The van der Waals surface area contributed by atoms with Gasteiger partial charge in [0.25, 0.3) is 5.91 Å². The van der Waals surface area contributed by atoms with Crippen LogP contribution in [0, 0.1) is 0 Å². The summed E-state index contributed by atoms with van der Waals surface area (Å²) in [5, 5.41) is 6.12. The van der Waals surface area contributed by atoms with Gasteiger partial charge in [0.2, 0.25) is 0 Å². The van der Waals surface area contributed by atoms with Gasteiger partial charge in [0.05, 0.1) is 36.7 Å². The third-order valence-electron chi connectivity index (χ3n) is 6.32. The highest BCUT2D eigenvalue weighted by Crippen LogP contribution is 2.41. The molecular weight excluding hydrogens is 552 g/mol. The lowest BCUT2D eigenvalue weighted by atomic mass is 9.86. The van der Waals surface area contributed by atoms with Crippen LogP contribution in [0.15, 0.2) is 33.7 Å². The van der Waals surface area contributed by atoms with Gasteiger partial charge < -0.3 is 14.8 Å². The van der Waals surface area contributed by atoms with Gasteiger partial charge in [0.1, 0.15) is 0 Å². The molecule has 0 aliphatic heterocycles. The minimum absolute atomic E-state index is 0.0693. The van der Waals surface area contributed by atoms with Crippen LogP contribution in [0.25, 0.3) is 10.4 Å². The van der Waals surface area contributed by atoms with Gasteiger partial charge in [0.15, 0.2) is 0 Å². The van der Waals surface area contributed by atoms with Crippen molar-refractivity contribution in [1.82, 2.24) is 10.3 Å². The number of nitrogens with one attached hydrogen (secondary N) is 2. The summed E-state index contributed by atoms with van der Waals surface area (Å²) < 4.78 is 28.7. The van der Waals surface area contributed by atoms with Crippen molar-refractivity contribution in [2.75, 3.05) is 5.32 Å². The fourth-order valence-corrected chi connectivity index (χ4v) is 7.69. The molecule has 3 amide bonds. The van der Waals surface area contributed by atoms with Crippen LogP contribution in [0.2, 0.25) is 0 Å². The van der Waals surface area contributed by atoms with E-state index in [0.717, 1.165) is 35.6 Å². The fourth-order valence-electron chi connectivity index (χ4n) is 4.51.